The van der Waals surface area contributed by atoms with Gasteiger partial charge in [-0.1, -0.05) is 6.92 Å². The molecule has 2 atom stereocenters. The second-order valence-corrected chi connectivity index (χ2v) is 13.3. The van der Waals surface area contributed by atoms with Gasteiger partial charge in [0, 0.05) is 39.1 Å². The van der Waals surface area contributed by atoms with Gasteiger partial charge in [0.05, 0.1) is 28.4 Å². The second kappa shape index (κ2) is 11.2. The number of aromatic nitrogens is 3. The van der Waals surface area contributed by atoms with Gasteiger partial charge in [-0.25, -0.2) is 17.5 Å². The molecular weight excluding hydrogens is 546 g/mol. The van der Waals surface area contributed by atoms with E-state index < -0.39 is 15.6 Å². The van der Waals surface area contributed by atoms with E-state index in [1.165, 1.54) is 26.2 Å². The van der Waals surface area contributed by atoms with Crippen molar-refractivity contribution in [1.29, 1.82) is 5.26 Å². The third-order valence-corrected chi connectivity index (χ3v) is 10.2. The van der Waals surface area contributed by atoms with Crippen molar-refractivity contribution in [3.63, 3.8) is 0 Å². The fourth-order valence-corrected chi connectivity index (χ4v) is 6.69. The number of ether oxygens (including phenoxy) is 1. The Bertz CT molecular complexity index is 1630. The van der Waals surface area contributed by atoms with Crippen LogP contribution in [0.3, 0.4) is 0 Å². The first kappa shape index (κ1) is 28.6. The van der Waals surface area contributed by atoms with E-state index in [1.54, 1.807) is 34.0 Å². The quantitative estimate of drug-likeness (QED) is 0.428. The van der Waals surface area contributed by atoms with Crippen molar-refractivity contribution in [1.82, 2.24) is 24.0 Å². The molecule has 1 aliphatic heterocycles. The molecule has 218 valence electrons. The molecule has 5 rings (SSSR count). The molecule has 3 aromatic rings. The average Bonchev–Trinajstić information content (AvgIpc) is 3.53. The lowest BCUT2D eigenvalue weighted by atomic mass is 9.85. The number of sulfonamides is 1. The second-order valence-electron chi connectivity index (χ2n) is 11.1. The molecule has 1 amide bonds. The fraction of sp³-hybridized carbons (Fsp3) is 0.500. The molecule has 0 unspecified atom stereocenters. The van der Waals surface area contributed by atoms with E-state index in [4.69, 9.17) is 9.84 Å². The molecule has 1 saturated heterocycles. The summed E-state index contributed by atoms with van der Waals surface area (Å²) in [5.74, 6) is 0.647. The first-order chi connectivity index (χ1) is 19.6. The van der Waals surface area contributed by atoms with Crippen LogP contribution in [0.5, 0.6) is 0 Å². The summed E-state index contributed by atoms with van der Waals surface area (Å²) in [4.78, 5) is 30.4. The largest absolute Gasteiger partial charge is 0.446 e. The van der Waals surface area contributed by atoms with Crippen LogP contribution in [0.4, 0.5) is 16.3 Å². The van der Waals surface area contributed by atoms with Crippen molar-refractivity contribution in [2.75, 3.05) is 32.5 Å². The predicted molar refractivity (Wildman–Crippen MR) is 153 cm³/mol. The number of H-pyrrole nitrogens is 1. The van der Waals surface area contributed by atoms with Crippen LogP contribution in [0.15, 0.2) is 46.2 Å². The Hall–Kier alpha value is -3.89. The Morgan fingerprint density at radius 1 is 1.22 bits per heavy atom. The SMILES string of the molecule is C[C@@H]1CCC[C@H]1OC(=O)N1CCC(CC#N)(n2nc(Nc3ccc(S(=O)(=O)N(C)C)cc3)c3c(=O)[nH]ccc32)CC1. The lowest BCUT2D eigenvalue weighted by Crippen LogP contribution is -2.49. The highest BCUT2D eigenvalue weighted by Crippen LogP contribution is 2.38. The molecule has 13 heteroatoms. The van der Waals surface area contributed by atoms with Crippen LogP contribution < -0.4 is 10.9 Å². The summed E-state index contributed by atoms with van der Waals surface area (Å²) in [6.07, 6.45) is 5.26. The fourth-order valence-electron chi connectivity index (χ4n) is 5.79. The Kier molecular flexibility index (Phi) is 7.80. The van der Waals surface area contributed by atoms with Crippen LogP contribution in [-0.2, 0) is 20.3 Å². The number of nitrogens with zero attached hydrogens (tertiary/aromatic N) is 5. The van der Waals surface area contributed by atoms with Gasteiger partial charge in [0.15, 0.2) is 5.82 Å². The van der Waals surface area contributed by atoms with Crippen LogP contribution in [-0.4, -0.2) is 71.8 Å². The van der Waals surface area contributed by atoms with E-state index in [9.17, 15) is 23.3 Å². The van der Waals surface area contributed by atoms with Crippen LogP contribution in [0, 0.1) is 17.2 Å². The maximum Gasteiger partial charge on any atom is 0.410 e. The van der Waals surface area contributed by atoms with Crippen molar-refractivity contribution in [3.05, 3.63) is 46.9 Å². The lowest BCUT2D eigenvalue weighted by Gasteiger charge is -2.41. The number of carbonyl (C=O) groups is 1. The van der Waals surface area contributed by atoms with E-state index in [-0.39, 0.29) is 29.1 Å². The number of anilines is 2. The highest BCUT2D eigenvalue weighted by Gasteiger charge is 2.41. The van der Waals surface area contributed by atoms with Gasteiger partial charge in [-0.3, -0.25) is 9.48 Å². The minimum Gasteiger partial charge on any atom is -0.446 e. The number of hydrogen-bond acceptors (Lipinski definition) is 8. The van der Waals surface area contributed by atoms with E-state index in [0.29, 0.717) is 54.3 Å². The Morgan fingerprint density at radius 3 is 2.54 bits per heavy atom. The molecule has 12 nitrogen and oxygen atoms in total. The molecular formula is C28H35N7O5S. The summed E-state index contributed by atoms with van der Waals surface area (Å²) >= 11 is 0. The molecule has 2 N–H and O–H groups in total. The minimum atomic E-state index is -3.59. The van der Waals surface area contributed by atoms with Crippen LogP contribution in [0.1, 0.15) is 45.4 Å². The van der Waals surface area contributed by atoms with Crippen molar-refractivity contribution < 1.29 is 17.9 Å². The van der Waals surface area contributed by atoms with Crippen molar-refractivity contribution in [3.8, 4) is 6.07 Å². The molecule has 1 aromatic carbocycles. The number of likely N-dealkylation sites (tertiary alicyclic amines) is 1. The predicted octanol–water partition coefficient (Wildman–Crippen LogP) is 3.75. The van der Waals surface area contributed by atoms with Crippen molar-refractivity contribution in [2.45, 2.75) is 62.0 Å². The van der Waals surface area contributed by atoms with Gasteiger partial charge in [0.1, 0.15) is 11.5 Å². The van der Waals surface area contributed by atoms with Gasteiger partial charge in [0.2, 0.25) is 10.0 Å². The summed E-state index contributed by atoms with van der Waals surface area (Å²) < 4.78 is 33.6. The summed E-state index contributed by atoms with van der Waals surface area (Å²) in [6, 6.07) is 10.2. The van der Waals surface area contributed by atoms with Crippen molar-refractivity contribution >= 4 is 38.5 Å². The molecule has 2 aromatic heterocycles. The Morgan fingerprint density at radius 2 is 1.93 bits per heavy atom. The zero-order valence-corrected chi connectivity index (χ0v) is 24.3. The molecule has 0 radical (unpaired) electrons. The topological polar surface area (TPSA) is 153 Å². The molecule has 2 aliphatic rings. The third-order valence-electron chi connectivity index (χ3n) is 8.34. The number of aromatic amines is 1. The van der Waals surface area contributed by atoms with Crippen molar-refractivity contribution in [2.24, 2.45) is 5.92 Å². The monoisotopic (exact) mass is 581 g/mol. The number of carbonyl (C=O) groups excluding carboxylic acids is 1. The van der Waals surface area contributed by atoms with Gasteiger partial charge < -0.3 is 19.9 Å². The van der Waals surface area contributed by atoms with Gasteiger partial charge >= 0.3 is 6.09 Å². The summed E-state index contributed by atoms with van der Waals surface area (Å²) in [6.45, 7) is 2.91. The lowest BCUT2D eigenvalue weighted by molar-refractivity contribution is 0.0304. The van der Waals surface area contributed by atoms with Gasteiger partial charge in [-0.2, -0.15) is 10.4 Å². The first-order valence-corrected chi connectivity index (χ1v) is 15.2. The number of nitrogens with one attached hydrogen (secondary N) is 2. The zero-order chi connectivity index (χ0) is 29.4. The van der Waals surface area contributed by atoms with Crippen LogP contribution >= 0.6 is 0 Å². The summed E-state index contributed by atoms with van der Waals surface area (Å²) in [5, 5.41) is 18.1. The van der Waals surface area contributed by atoms with Gasteiger partial charge in [-0.05, 0) is 68.4 Å². The normalized spacial score (nSPS) is 20.7. The number of nitriles is 1. The molecule has 2 fully saturated rings. The zero-order valence-electron chi connectivity index (χ0n) is 23.5. The van der Waals surface area contributed by atoms with Crippen LogP contribution in [0.2, 0.25) is 0 Å². The molecule has 3 heterocycles. The number of pyridine rings is 1. The highest BCUT2D eigenvalue weighted by atomic mass is 32.2. The number of amides is 1. The number of benzene rings is 1. The minimum absolute atomic E-state index is 0.0548. The van der Waals surface area contributed by atoms with E-state index >= 15 is 0 Å². The van der Waals surface area contributed by atoms with Gasteiger partial charge in [-0.15, -0.1) is 0 Å². The third kappa shape index (κ3) is 5.41. The Balaban J connectivity index is 1.43. The Labute approximate surface area is 238 Å². The maximum absolute atomic E-state index is 13.0. The van der Waals surface area contributed by atoms with E-state index in [2.05, 4.69) is 23.3 Å². The molecule has 1 saturated carbocycles. The molecule has 41 heavy (non-hydrogen) atoms. The summed E-state index contributed by atoms with van der Waals surface area (Å²) in [5.41, 5.74) is 0.0310. The maximum atomic E-state index is 13.0. The first-order valence-electron chi connectivity index (χ1n) is 13.8. The molecule has 0 bridgehead atoms. The number of fused-ring (bicyclic) bond motifs is 1. The van der Waals surface area contributed by atoms with Gasteiger partial charge in [0.25, 0.3) is 5.56 Å². The van der Waals surface area contributed by atoms with E-state index in [1.807, 2.05) is 0 Å². The van der Waals surface area contributed by atoms with Crippen LogP contribution in [0.25, 0.3) is 10.9 Å². The highest BCUT2D eigenvalue weighted by molar-refractivity contribution is 7.89. The molecule has 0 spiro atoms. The smallest absolute Gasteiger partial charge is 0.410 e. The standard InChI is InChI=1S/C28H35N7O5S/c1-19-5-4-6-23(19)40-27(37)34-17-13-28(12-15-29,14-18-34)35-22-11-16-30-26(36)24(22)25(32-35)31-20-7-9-21(10-8-20)41(38,39)33(2)3/h7-11,16,19,23H,4-6,12-14,17-18H2,1-3H3,(H,30,36)(H,31,32)/t19-,23-/m1/s1. The summed E-state index contributed by atoms with van der Waals surface area (Å²) in [7, 11) is -0.659. The van der Waals surface area contributed by atoms with E-state index in [0.717, 1.165) is 23.6 Å². The number of rotatable bonds is 7. The number of piperidine rings is 1. The average molecular weight is 582 g/mol. The molecule has 1 aliphatic carbocycles. The number of hydrogen-bond donors (Lipinski definition) is 2.